The zero-order chi connectivity index (χ0) is 53.2. The molecule has 78 heavy (non-hydrogen) atoms. The molecule has 4 saturated carbocycles. The minimum atomic E-state index is -1.26. The van der Waals surface area contributed by atoms with Gasteiger partial charge in [-0.15, -0.1) is 28.6 Å². The average molecular weight is 1080 g/mol. The molecule has 4 fully saturated rings. The van der Waals surface area contributed by atoms with E-state index in [0.717, 1.165) is 117 Å². The number of nitrogens with zero attached hydrogens (tertiary/aromatic N) is 2. The summed E-state index contributed by atoms with van der Waals surface area (Å²) in [5.74, 6) is 14.4. The summed E-state index contributed by atoms with van der Waals surface area (Å²) in [5.41, 5.74) is 11.3. The van der Waals surface area contributed by atoms with Gasteiger partial charge in [0.25, 0.3) is 0 Å². The van der Waals surface area contributed by atoms with Crippen molar-refractivity contribution in [2.75, 3.05) is 11.9 Å². The van der Waals surface area contributed by atoms with E-state index in [2.05, 4.69) is 111 Å². The molecule has 3 aromatic heterocycles. The molecule has 0 unspecified atom stereocenters. The number of ketones is 1. The van der Waals surface area contributed by atoms with Gasteiger partial charge in [-0.2, -0.15) is 0 Å². The van der Waals surface area contributed by atoms with Crippen LogP contribution < -0.4 is 16.4 Å². The number of allylic oxidation sites excluding steroid dienone is 3. The van der Waals surface area contributed by atoms with Gasteiger partial charge in [0.1, 0.15) is 5.75 Å². The number of aromatic hydroxyl groups is 1. The summed E-state index contributed by atoms with van der Waals surface area (Å²) in [6.07, 6.45) is 30.5. The highest BCUT2D eigenvalue weighted by molar-refractivity contribution is 7.23. The molecule has 12 atom stereocenters. The molecule has 10 nitrogen and oxygen atoms in total. The number of guanidine groups is 1. The number of phenolic OH excluding ortho intramolecular Hbond substituents is 1. The Labute approximate surface area is 466 Å². The number of benzene rings is 2. The van der Waals surface area contributed by atoms with Crippen molar-refractivity contribution in [1.29, 1.82) is 0 Å². The highest BCUT2D eigenvalue weighted by Gasteiger charge is 2.78. The number of hydrogen-bond acceptors (Lipinski definition) is 9. The van der Waals surface area contributed by atoms with Gasteiger partial charge in [0, 0.05) is 81.3 Å². The predicted octanol–water partition coefficient (Wildman–Crippen LogP) is 11.5. The predicted molar refractivity (Wildman–Crippen MR) is 311 cm³/mol. The monoisotopic (exact) mass is 1070 g/mol. The number of nitrogens with one attached hydrogen (secondary N) is 3. The molecule has 4 spiro atoms. The number of imidazole rings is 1. The lowest BCUT2D eigenvalue weighted by atomic mass is 9.45. The maximum atomic E-state index is 16.2. The Bertz CT molecular complexity index is 3500. The van der Waals surface area contributed by atoms with E-state index in [1.54, 1.807) is 29.0 Å². The lowest BCUT2D eigenvalue weighted by molar-refractivity contribution is -0.0261. The number of carbonyl (C=O) groups is 1. The van der Waals surface area contributed by atoms with Crippen LogP contribution in [0.3, 0.4) is 0 Å². The number of nitrogens with two attached hydrogens (primary N) is 1. The Kier molecular flexibility index (Phi) is 12.0. The number of anilines is 1. The van der Waals surface area contributed by atoms with Crippen LogP contribution in [0, 0.1) is 69.0 Å². The van der Waals surface area contributed by atoms with Gasteiger partial charge in [0.2, 0.25) is 0 Å². The van der Waals surface area contributed by atoms with Gasteiger partial charge >= 0.3 is 0 Å². The molecule has 15 rings (SSSR count). The van der Waals surface area contributed by atoms with Crippen LogP contribution >= 0.6 is 22.7 Å². The number of thiophene rings is 2. The lowest BCUT2D eigenvalue weighted by Crippen LogP contribution is -2.56. The van der Waals surface area contributed by atoms with Crippen LogP contribution in [0.1, 0.15) is 150 Å². The third-order valence-corrected chi connectivity index (χ3v) is 23.4. The quantitative estimate of drug-likeness (QED) is 0.0265. The van der Waals surface area contributed by atoms with Crippen LogP contribution in [-0.4, -0.2) is 67.4 Å². The second-order valence-electron chi connectivity index (χ2n) is 25.0. The zero-order valence-corrected chi connectivity index (χ0v) is 46.3. The fourth-order valence-electron chi connectivity index (χ4n) is 17.9. The smallest absolute Gasteiger partial charge is 0.189 e. The molecular weight excluding hydrogens is 1000 g/mol. The SMILES string of the molecule is CC#Cc1ccc(-c2ccc(C(=O)[C@@H]3CC[C@@]45C=C[C@@H]6[C@@]3(C4)C[C@]3(CCC[C@H]3CO)[C@@]63C=C[C@H]4c6cccc(c6Cc6cnc[nH]6)C[C@](C)(O)[C@H]6C=Cc7c(O)cc(c(c7N6)C#C[C@H]43)C[C@@H]5N=C(N)NC3CCCCC3)s2)s1. The molecule has 0 radical (unpaired) electrons. The summed E-state index contributed by atoms with van der Waals surface area (Å²) < 4.78 is 0. The lowest BCUT2D eigenvalue weighted by Gasteiger charge is -2.58. The Morgan fingerprint density at radius 2 is 1.85 bits per heavy atom. The molecule has 10 aliphatic rings. The summed E-state index contributed by atoms with van der Waals surface area (Å²) in [4.78, 5) is 33.7. The van der Waals surface area contributed by atoms with E-state index >= 15 is 4.79 Å². The second kappa shape index (κ2) is 18.7. The first-order valence-electron chi connectivity index (χ1n) is 28.8. The number of aliphatic hydroxyl groups is 2. The number of phenols is 1. The van der Waals surface area contributed by atoms with Crippen molar-refractivity contribution in [3.05, 3.63) is 140 Å². The number of fused-ring (bicyclic) bond motifs is 5. The Morgan fingerprint density at radius 1 is 0.987 bits per heavy atom. The van der Waals surface area contributed by atoms with E-state index < -0.39 is 33.3 Å². The largest absolute Gasteiger partial charge is 0.507 e. The first-order chi connectivity index (χ1) is 37.9. The zero-order valence-electron chi connectivity index (χ0n) is 44.7. The van der Waals surface area contributed by atoms with Crippen molar-refractivity contribution in [1.82, 2.24) is 15.3 Å². The number of aromatic amines is 1. The number of aliphatic hydroxyl groups excluding tert-OH is 1. The Hall–Kier alpha value is -6.15. The van der Waals surface area contributed by atoms with Gasteiger partial charge < -0.3 is 36.7 Å². The normalized spacial score (nSPS) is 34.7. The first-order valence-corrected chi connectivity index (χ1v) is 30.4. The van der Waals surface area contributed by atoms with Gasteiger partial charge in [0.05, 0.1) is 45.0 Å². The number of aliphatic imine (C=N–C) groups is 1. The minimum absolute atomic E-state index is 0.00921. The van der Waals surface area contributed by atoms with E-state index in [1.807, 2.05) is 38.3 Å². The van der Waals surface area contributed by atoms with E-state index in [4.69, 9.17) is 10.7 Å². The second-order valence-corrected chi connectivity index (χ2v) is 27.2. The summed E-state index contributed by atoms with van der Waals surface area (Å²) in [7, 11) is 0. The van der Waals surface area contributed by atoms with Gasteiger partial charge in [-0.05, 0) is 147 Å². The number of rotatable bonds is 8. The molecule has 2 aromatic carbocycles. The highest BCUT2D eigenvalue weighted by Crippen LogP contribution is 2.82. The molecule has 8 N–H and O–H groups in total. The fraction of sp³-hybridized carbons (Fsp3) is 0.470. The van der Waals surface area contributed by atoms with Crippen molar-refractivity contribution < 1.29 is 20.1 Å². The fourth-order valence-corrected chi connectivity index (χ4v) is 19.9. The molecule has 400 valence electrons. The van der Waals surface area contributed by atoms with Gasteiger partial charge in [-0.1, -0.05) is 98.1 Å². The first kappa shape index (κ1) is 50.1. The number of H-pyrrole nitrogens is 1. The standard InChI is InChI=1S/C66H70N6O4S2/c1-3-9-44-15-19-53(77-44)54-20-21-55(78-54)60(75)51-24-27-63-28-25-56-64(51,36-63)37-65(26-8-11-41(65)35-73)66(56)29-23-47-46-14-7-10-39(49(46)32-43-34-68-38-69-43)33-62(2,76)57-22-17-48-52(74)30-40(45(59(48)71-57)16-18-50(47)66)31-58(63)72-61(67)70-42-12-5-4-6-13-42/h7,10,14-15,17,19-23,25,28-30,34,38,41-42,47,50-51,56-58,71,73-74,76H,4-6,8,11-13,24,26-27,31-33,35-37H2,1-2H3,(H,68,69)(H3,67,70,72)/t41-,47-,50+,51-,56+,57+,58-,62-,63+,64-,65-,66+/m0/s1. The summed E-state index contributed by atoms with van der Waals surface area (Å²) in [6.45, 7) is 3.84. The summed E-state index contributed by atoms with van der Waals surface area (Å²) in [5, 5.41) is 44.6. The number of hydrogen-bond donors (Lipinski definition) is 7. The van der Waals surface area contributed by atoms with Crippen molar-refractivity contribution in [2.24, 2.45) is 56.1 Å². The number of carbonyl (C=O) groups excluding carboxylic acids is 1. The van der Waals surface area contributed by atoms with Crippen molar-refractivity contribution in [3.8, 4) is 39.2 Å². The minimum Gasteiger partial charge on any atom is -0.507 e. The van der Waals surface area contributed by atoms with E-state index in [-0.39, 0.29) is 59.8 Å². The van der Waals surface area contributed by atoms with Gasteiger partial charge in [-0.3, -0.25) is 4.79 Å². The van der Waals surface area contributed by atoms with Crippen molar-refractivity contribution in [2.45, 2.75) is 140 Å². The molecule has 10 bridgehead atoms. The van der Waals surface area contributed by atoms with Crippen LogP contribution in [0.2, 0.25) is 0 Å². The van der Waals surface area contributed by atoms with Crippen LogP contribution in [0.25, 0.3) is 15.8 Å². The molecule has 0 amide bonds. The van der Waals surface area contributed by atoms with E-state index in [1.165, 1.54) is 12.0 Å². The van der Waals surface area contributed by atoms with Crippen LogP contribution in [-0.2, 0) is 19.3 Å². The molecule has 0 saturated heterocycles. The Balaban J connectivity index is 1.02. The van der Waals surface area contributed by atoms with Crippen LogP contribution in [0.4, 0.5) is 5.69 Å². The molecule has 12 heteroatoms. The van der Waals surface area contributed by atoms with Crippen LogP contribution in [0.5, 0.6) is 5.75 Å². The average Bonchev–Trinajstić information content (AvgIpc) is 2.10. The summed E-state index contributed by atoms with van der Waals surface area (Å²) in [6, 6.07) is 16.3. The summed E-state index contributed by atoms with van der Waals surface area (Å²) >= 11 is 3.28. The third kappa shape index (κ3) is 7.59. The van der Waals surface area contributed by atoms with Gasteiger partial charge in [-0.25, -0.2) is 9.98 Å². The molecule has 2 aliphatic heterocycles. The number of Topliss-reactive ketones (excluding diaryl/α,β-unsaturated/α-hetero) is 1. The molecule has 5 aromatic rings. The number of aromatic nitrogens is 2. The maximum Gasteiger partial charge on any atom is 0.189 e. The topological polar surface area (TPSA) is 169 Å². The van der Waals surface area contributed by atoms with Crippen molar-refractivity contribution in [3.63, 3.8) is 0 Å². The van der Waals surface area contributed by atoms with Crippen molar-refractivity contribution >= 4 is 46.2 Å². The molecular formula is C66H70N6O4S2. The van der Waals surface area contributed by atoms with E-state index in [0.29, 0.717) is 37.2 Å². The molecule has 5 heterocycles. The Morgan fingerprint density at radius 3 is 2.68 bits per heavy atom. The van der Waals surface area contributed by atoms with Crippen LogP contribution in [0.15, 0.2) is 96.4 Å². The van der Waals surface area contributed by atoms with E-state index in [9.17, 15) is 15.3 Å². The maximum absolute atomic E-state index is 16.2. The molecule has 8 aliphatic carbocycles. The third-order valence-electron chi connectivity index (χ3n) is 21.1. The highest BCUT2D eigenvalue weighted by atomic mass is 32.1. The van der Waals surface area contributed by atoms with Gasteiger partial charge in [0.15, 0.2) is 11.7 Å².